The molecule has 1 aromatic carbocycles. The highest BCUT2D eigenvalue weighted by Crippen LogP contribution is 2.17. The van der Waals surface area contributed by atoms with Crippen LogP contribution in [0, 0.1) is 10.1 Å². The van der Waals surface area contributed by atoms with Crippen LogP contribution in [0.15, 0.2) is 30.0 Å². The molecule has 0 N–H and O–H groups in total. The Hall–Kier alpha value is -2.90. The quantitative estimate of drug-likeness (QED) is 0.310. The van der Waals surface area contributed by atoms with Crippen molar-refractivity contribution in [3.05, 3.63) is 45.6 Å². The zero-order valence-corrected chi connectivity index (χ0v) is 13.7. The minimum atomic E-state index is -1.52. The summed E-state index contributed by atoms with van der Waals surface area (Å²) < 4.78 is 14.9. The minimum Gasteiger partial charge on any atom is -0.467 e. The van der Waals surface area contributed by atoms with Crippen LogP contribution in [0.4, 0.5) is 0 Å². The third-order valence-corrected chi connectivity index (χ3v) is 2.80. The summed E-state index contributed by atoms with van der Waals surface area (Å²) in [5.41, 5.74) is 0.569. The van der Waals surface area contributed by atoms with Crippen molar-refractivity contribution in [2.24, 2.45) is 0 Å². The molecule has 0 unspecified atom stereocenters. The highest BCUT2D eigenvalue weighted by molar-refractivity contribution is 5.98. The number of benzene rings is 1. The van der Waals surface area contributed by atoms with Crippen molar-refractivity contribution < 1.29 is 28.7 Å². The minimum absolute atomic E-state index is 0.0143. The van der Waals surface area contributed by atoms with Crippen molar-refractivity contribution >= 4 is 18.0 Å². The maximum absolute atomic E-state index is 11.8. The largest absolute Gasteiger partial charge is 0.467 e. The fourth-order valence-corrected chi connectivity index (χ4v) is 1.70. The molecule has 0 aliphatic heterocycles. The molecule has 0 fully saturated rings. The molecule has 0 aromatic heterocycles. The van der Waals surface area contributed by atoms with Gasteiger partial charge < -0.3 is 14.2 Å². The van der Waals surface area contributed by atoms with Crippen molar-refractivity contribution in [2.75, 3.05) is 13.2 Å². The molecular weight excluding hydrogens is 318 g/mol. The molecule has 0 aliphatic carbocycles. The monoisotopic (exact) mass is 337 g/mol. The van der Waals surface area contributed by atoms with Gasteiger partial charge in [-0.25, -0.2) is 9.59 Å². The van der Waals surface area contributed by atoms with Crippen molar-refractivity contribution in [1.29, 1.82) is 0 Å². The second kappa shape index (κ2) is 9.29. The van der Waals surface area contributed by atoms with Gasteiger partial charge in [0.25, 0.3) is 6.10 Å². The fourth-order valence-electron chi connectivity index (χ4n) is 1.70. The number of nitro groups is 1. The smallest absolute Gasteiger partial charge is 0.359 e. The Kier molecular flexibility index (Phi) is 7.41. The van der Waals surface area contributed by atoms with E-state index in [1.807, 2.05) is 0 Å². The molecule has 1 aromatic rings. The van der Waals surface area contributed by atoms with Crippen LogP contribution in [0.2, 0.25) is 0 Å². The summed E-state index contributed by atoms with van der Waals surface area (Å²) in [5, 5.41) is 10.6. The van der Waals surface area contributed by atoms with Crippen molar-refractivity contribution in [3.8, 4) is 5.75 Å². The molecule has 0 amide bonds. The predicted octanol–water partition coefficient (Wildman–Crippen LogP) is 2.20. The number of hydrogen-bond acceptors (Lipinski definition) is 7. The molecule has 1 rings (SSSR count). The van der Waals surface area contributed by atoms with Crippen molar-refractivity contribution in [1.82, 2.24) is 0 Å². The molecule has 24 heavy (non-hydrogen) atoms. The molecule has 8 heteroatoms. The second-order valence-electron chi connectivity index (χ2n) is 4.61. The first-order chi connectivity index (χ1) is 11.4. The zero-order valence-electron chi connectivity index (χ0n) is 13.7. The molecule has 0 atom stereocenters. The summed E-state index contributed by atoms with van der Waals surface area (Å²) in [6, 6.07) is 6.11. The molecular formula is C16H19NO7. The summed E-state index contributed by atoms with van der Waals surface area (Å²) in [6.07, 6.45) is -0.135. The van der Waals surface area contributed by atoms with E-state index in [4.69, 9.17) is 14.2 Å². The van der Waals surface area contributed by atoms with Crippen LogP contribution in [0.3, 0.4) is 0 Å². The molecule has 0 aliphatic rings. The third-order valence-electron chi connectivity index (χ3n) is 2.80. The van der Waals surface area contributed by atoms with E-state index in [-0.39, 0.29) is 24.7 Å². The van der Waals surface area contributed by atoms with Crippen LogP contribution in [0.5, 0.6) is 5.75 Å². The van der Waals surface area contributed by atoms with Crippen LogP contribution in [-0.4, -0.2) is 36.2 Å². The number of hydrogen-bond donors (Lipinski definition) is 0. The molecule has 0 saturated carbocycles. The molecule has 0 saturated heterocycles. The van der Waals surface area contributed by atoms with Crippen LogP contribution >= 0.6 is 0 Å². The first-order valence-electron chi connectivity index (χ1n) is 7.31. The summed E-state index contributed by atoms with van der Waals surface area (Å²) >= 11 is 0. The topological polar surface area (TPSA) is 105 Å². The van der Waals surface area contributed by atoms with Crippen LogP contribution in [-0.2, 0) is 19.1 Å². The number of rotatable bonds is 8. The van der Waals surface area contributed by atoms with E-state index in [9.17, 15) is 19.7 Å². The van der Waals surface area contributed by atoms with Gasteiger partial charge in [0.15, 0.2) is 0 Å². The summed E-state index contributed by atoms with van der Waals surface area (Å²) in [4.78, 5) is 33.7. The number of esters is 2. The van der Waals surface area contributed by atoms with E-state index in [1.54, 1.807) is 26.0 Å². The third kappa shape index (κ3) is 5.71. The van der Waals surface area contributed by atoms with Crippen LogP contribution < -0.4 is 4.74 Å². The van der Waals surface area contributed by atoms with Crippen molar-refractivity contribution in [2.45, 2.75) is 26.9 Å². The van der Waals surface area contributed by atoms with Gasteiger partial charge in [-0.05, 0) is 31.5 Å². The SMILES string of the molecule is CCOC(=O)C(Oc1ccc(/C=C(\C)[N+](=O)[O-])cc1)C(=O)OCC. The second-order valence-corrected chi connectivity index (χ2v) is 4.61. The molecule has 130 valence electrons. The van der Waals surface area contributed by atoms with Gasteiger partial charge in [-0.2, -0.15) is 0 Å². The lowest BCUT2D eigenvalue weighted by Crippen LogP contribution is -2.38. The van der Waals surface area contributed by atoms with E-state index in [1.165, 1.54) is 25.1 Å². The Balaban J connectivity index is 2.90. The van der Waals surface area contributed by atoms with E-state index >= 15 is 0 Å². The molecule has 0 spiro atoms. The van der Waals surface area contributed by atoms with Gasteiger partial charge in [-0.3, -0.25) is 10.1 Å². The lowest BCUT2D eigenvalue weighted by atomic mass is 10.2. The highest BCUT2D eigenvalue weighted by atomic mass is 16.6. The summed E-state index contributed by atoms with van der Waals surface area (Å²) in [6.45, 7) is 4.80. The van der Waals surface area contributed by atoms with Gasteiger partial charge in [0, 0.05) is 13.0 Å². The number of ether oxygens (including phenoxy) is 3. The first kappa shape index (κ1) is 19.1. The zero-order chi connectivity index (χ0) is 18.1. The number of allylic oxidation sites excluding steroid dienone is 1. The molecule has 0 heterocycles. The summed E-state index contributed by atoms with van der Waals surface area (Å²) in [7, 11) is 0. The lowest BCUT2D eigenvalue weighted by molar-refractivity contribution is -0.422. The van der Waals surface area contributed by atoms with Gasteiger partial charge in [0.2, 0.25) is 5.70 Å². The Morgan fingerprint density at radius 3 is 2.04 bits per heavy atom. The van der Waals surface area contributed by atoms with Crippen LogP contribution in [0.1, 0.15) is 26.3 Å². The standard InChI is InChI=1S/C16H19NO7/c1-4-22-15(18)14(16(19)23-5-2)24-13-8-6-12(7-9-13)10-11(3)17(20)21/h6-10,14H,4-5H2,1-3H3/b11-10+. The highest BCUT2D eigenvalue weighted by Gasteiger charge is 2.31. The van der Waals surface area contributed by atoms with Gasteiger partial charge in [-0.15, -0.1) is 0 Å². The predicted molar refractivity (Wildman–Crippen MR) is 84.8 cm³/mol. The van der Waals surface area contributed by atoms with Gasteiger partial charge in [-0.1, -0.05) is 12.1 Å². The number of nitrogens with zero attached hydrogens (tertiary/aromatic N) is 1. The molecule has 8 nitrogen and oxygen atoms in total. The maximum Gasteiger partial charge on any atom is 0.359 e. The van der Waals surface area contributed by atoms with E-state index in [0.717, 1.165) is 0 Å². The van der Waals surface area contributed by atoms with Gasteiger partial charge in [0.1, 0.15) is 5.75 Å². The Morgan fingerprint density at radius 2 is 1.62 bits per heavy atom. The molecule has 0 radical (unpaired) electrons. The average Bonchev–Trinajstić information content (AvgIpc) is 2.54. The Morgan fingerprint density at radius 1 is 1.12 bits per heavy atom. The van der Waals surface area contributed by atoms with E-state index in [2.05, 4.69) is 0 Å². The average molecular weight is 337 g/mol. The molecule has 0 bridgehead atoms. The first-order valence-corrected chi connectivity index (χ1v) is 7.31. The Bertz CT molecular complexity index is 604. The van der Waals surface area contributed by atoms with E-state index < -0.39 is 23.0 Å². The van der Waals surface area contributed by atoms with Gasteiger partial charge >= 0.3 is 11.9 Å². The summed E-state index contributed by atoms with van der Waals surface area (Å²) in [5.74, 6) is -1.45. The number of carbonyl (C=O) groups excluding carboxylic acids is 2. The Labute approximate surface area is 139 Å². The lowest BCUT2D eigenvalue weighted by Gasteiger charge is -2.16. The normalized spacial score (nSPS) is 11.1. The fraction of sp³-hybridized carbons (Fsp3) is 0.375. The van der Waals surface area contributed by atoms with E-state index in [0.29, 0.717) is 5.56 Å². The van der Waals surface area contributed by atoms with Gasteiger partial charge in [0.05, 0.1) is 18.1 Å². The maximum atomic E-state index is 11.8. The number of carbonyl (C=O) groups is 2. The van der Waals surface area contributed by atoms with Crippen LogP contribution in [0.25, 0.3) is 6.08 Å². The van der Waals surface area contributed by atoms with Crippen molar-refractivity contribution in [3.63, 3.8) is 0 Å².